The summed E-state index contributed by atoms with van der Waals surface area (Å²) in [6.45, 7) is 1.89. The highest BCUT2D eigenvalue weighted by Gasteiger charge is 2.15. The summed E-state index contributed by atoms with van der Waals surface area (Å²) < 4.78 is 4.73. The van der Waals surface area contributed by atoms with Gasteiger partial charge < -0.3 is 5.32 Å². The SMILES string of the molecule is CCC(=O)c1ccc2c(c1)sc1c3ccc(C(=O)NC)cc3sc21. The van der Waals surface area contributed by atoms with Gasteiger partial charge in [0, 0.05) is 44.8 Å². The highest BCUT2D eigenvalue weighted by molar-refractivity contribution is 7.36. The minimum Gasteiger partial charge on any atom is -0.355 e. The highest BCUT2D eigenvalue weighted by atomic mass is 32.1. The number of ketones is 1. The third-order valence-corrected chi connectivity index (χ3v) is 6.72. The maximum Gasteiger partial charge on any atom is 0.251 e. The zero-order valence-corrected chi connectivity index (χ0v) is 14.9. The predicted molar refractivity (Wildman–Crippen MR) is 103 cm³/mol. The Kier molecular flexibility index (Phi) is 3.62. The number of carbonyl (C=O) groups excluding carboxylic acids is 2. The monoisotopic (exact) mass is 353 g/mol. The number of hydrogen-bond acceptors (Lipinski definition) is 4. The number of benzene rings is 2. The molecule has 4 aromatic rings. The third-order valence-electron chi connectivity index (χ3n) is 4.22. The summed E-state index contributed by atoms with van der Waals surface area (Å²) in [7, 11) is 1.64. The van der Waals surface area contributed by atoms with Gasteiger partial charge in [-0.2, -0.15) is 0 Å². The van der Waals surface area contributed by atoms with E-state index in [-0.39, 0.29) is 11.7 Å². The van der Waals surface area contributed by atoms with E-state index in [2.05, 4.69) is 5.32 Å². The van der Waals surface area contributed by atoms with Crippen molar-refractivity contribution in [2.75, 3.05) is 7.05 Å². The van der Waals surface area contributed by atoms with Crippen LogP contribution in [0, 0.1) is 0 Å². The van der Waals surface area contributed by atoms with E-state index in [0.717, 1.165) is 15.0 Å². The van der Waals surface area contributed by atoms with Gasteiger partial charge in [0.25, 0.3) is 5.91 Å². The van der Waals surface area contributed by atoms with E-state index < -0.39 is 0 Å². The van der Waals surface area contributed by atoms with E-state index in [1.165, 1.54) is 20.2 Å². The molecule has 1 N–H and O–H groups in total. The van der Waals surface area contributed by atoms with Gasteiger partial charge in [-0.05, 0) is 18.2 Å². The molecule has 2 heterocycles. The molecule has 0 aliphatic rings. The number of thiophene rings is 2. The fraction of sp³-hybridized carbons (Fsp3) is 0.158. The van der Waals surface area contributed by atoms with Crippen LogP contribution in [0.25, 0.3) is 29.6 Å². The van der Waals surface area contributed by atoms with Crippen LogP contribution in [0.4, 0.5) is 0 Å². The summed E-state index contributed by atoms with van der Waals surface area (Å²) in [5.41, 5.74) is 1.46. The van der Waals surface area contributed by atoms with Crippen LogP contribution in [0.3, 0.4) is 0 Å². The molecule has 24 heavy (non-hydrogen) atoms. The average Bonchev–Trinajstić information content (AvgIpc) is 3.14. The molecular formula is C19H15NO2S2. The second-order valence-corrected chi connectivity index (χ2v) is 7.74. The van der Waals surface area contributed by atoms with Crippen molar-refractivity contribution in [1.29, 1.82) is 0 Å². The molecule has 120 valence electrons. The zero-order chi connectivity index (χ0) is 16.8. The number of Topliss-reactive ketones (excluding diaryl/α,β-unsaturated/α-hetero) is 1. The van der Waals surface area contributed by atoms with Gasteiger partial charge >= 0.3 is 0 Å². The molecule has 0 aliphatic carbocycles. The molecule has 0 atom stereocenters. The van der Waals surface area contributed by atoms with Crippen LogP contribution in [-0.4, -0.2) is 18.7 Å². The topological polar surface area (TPSA) is 46.2 Å². The van der Waals surface area contributed by atoms with Crippen LogP contribution in [-0.2, 0) is 0 Å². The molecule has 1 amide bonds. The number of rotatable bonds is 3. The molecule has 0 saturated heterocycles. The average molecular weight is 353 g/mol. The lowest BCUT2D eigenvalue weighted by Crippen LogP contribution is -2.17. The summed E-state index contributed by atoms with van der Waals surface area (Å²) in [4.78, 5) is 23.7. The number of fused-ring (bicyclic) bond motifs is 5. The largest absolute Gasteiger partial charge is 0.355 e. The first-order valence-electron chi connectivity index (χ1n) is 7.76. The standard InChI is InChI=1S/C19H15NO2S2/c1-3-14(21)10-4-6-12-15(8-10)23-18-13-7-5-11(19(22)20-2)9-16(13)24-17(12)18/h4-9H,3H2,1-2H3,(H,20,22). The van der Waals surface area contributed by atoms with Crippen molar-refractivity contribution in [1.82, 2.24) is 5.32 Å². The van der Waals surface area contributed by atoms with Gasteiger partial charge in [-0.3, -0.25) is 9.59 Å². The van der Waals surface area contributed by atoms with Crippen molar-refractivity contribution in [2.24, 2.45) is 0 Å². The van der Waals surface area contributed by atoms with Gasteiger partial charge in [-0.25, -0.2) is 0 Å². The van der Waals surface area contributed by atoms with Crippen molar-refractivity contribution in [3.8, 4) is 0 Å². The fourth-order valence-corrected chi connectivity index (χ4v) is 5.65. The normalized spacial score (nSPS) is 11.4. The van der Waals surface area contributed by atoms with Crippen molar-refractivity contribution in [3.63, 3.8) is 0 Å². The van der Waals surface area contributed by atoms with E-state index in [1.807, 2.05) is 43.3 Å². The van der Waals surface area contributed by atoms with Crippen molar-refractivity contribution in [3.05, 3.63) is 47.5 Å². The lowest BCUT2D eigenvalue weighted by atomic mass is 10.1. The summed E-state index contributed by atoms with van der Waals surface area (Å²) in [5, 5.41) is 5.02. The van der Waals surface area contributed by atoms with Crippen molar-refractivity contribution < 1.29 is 9.59 Å². The lowest BCUT2D eigenvalue weighted by molar-refractivity contribution is 0.0961. The van der Waals surface area contributed by atoms with Crippen LogP contribution < -0.4 is 5.32 Å². The van der Waals surface area contributed by atoms with Gasteiger partial charge in [-0.15, -0.1) is 22.7 Å². The Bertz CT molecular complexity index is 1030. The smallest absolute Gasteiger partial charge is 0.251 e. The molecule has 2 aromatic carbocycles. The van der Waals surface area contributed by atoms with Crippen LogP contribution in [0.5, 0.6) is 0 Å². The molecular weight excluding hydrogens is 338 g/mol. The van der Waals surface area contributed by atoms with Crippen LogP contribution in [0.15, 0.2) is 36.4 Å². The molecule has 0 radical (unpaired) electrons. The van der Waals surface area contributed by atoms with E-state index >= 15 is 0 Å². The maximum atomic E-state index is 11.9. The minimum absolute atomic E-state index is 0.0683. The molecule has 0 fully saturated rings. The van der Waals surface area contributed by atoms with Crippen LogP contribution in [0.1, 0.15) is 34.1 Å². The molecule has 2 aromatic heterocycles. The van der Waals surface area contributed by atoms with Gasteiger partial charge in [0.2, 0.25) is 0 Å². The highest BCUT2D eigenvalue weighted by Crippen LogP contribution is 2.44. The van der Waals surface area contributed by atoms with Crippen molar-refractivity contribution in [2.45, 2.75) is 13.3 Å². The number of nitrogens with one attached hydrogen (secondary N) is 1. The molecule has 4 rings (SSSR count). The van der Waals surface area contributed by atoms with E-state index in [0.29, 0.717) is 12.0 Å². The van der Waals surface area contributed by atoms with E-state index in [1.54, 1.807) is 29.7 Å². The lowest BCUT2D eigenvalue weighted by Gasteiger charge is -1.99. The van der Waals surface area contributed by atoms with Crippen molar-refractivity contribution >= 4 is 63.9 Å². The first kappa shape index (κ1) is 15.3. The molecule has 5 heteroatoms. The molecule has 0 saturated carbocycles. The van der Waals surface area contributed by atoms with E-state index in [4.69, 9.17) is 0 Å². The Morgan fingerprint density at radius 3 is 2.00 bits per heavy atom. The Hall–Kier alpha value is -2.24. The Labute approximate surface area is 146 Å². The third kappa shape index (κ3) is 2.24. The molecule has 0 unspecified atom stereocenters. The summed E-state index contributed by atoms with van der Waals surface area (Å²) in [6, 6.07) is 11.8. The van der Waals surface area contributed by atoms with Gasteiger partial charge in [-0.1, -0.05) is 25.1 Å². The summed E-state index contributed by atoms with van der Waals surface area (Å²) in [5.74, 6) is 0.106. The Balaban J connectivity index is 1.94. The fourth-order valence-electron chi connectivity index (χ4n) is 2.92. The molecule has 3 nitrogen and oxygen atoms in total. The number of carbonyl (C=O) groups is 2. The molecule has 0 spiro atoms. The van der Waals surface area contributed by atoms with Crippen LogP contribution >= 0.6 is 22.7 Å². The van der Waals surface area contributed by atoms with Gasteiger partial charge in [0.05, 0.1) is 9.40 Å². The molecule has 0 aliphatic heterocycles. The summed E-state index contributed by atoms with van der Waals surface area (Å²) in [6.07, 6.45) is 0.524. The quantitative estimate of drug-likeness (QED) is 0.513. The maximum absolute atomic E-state index is 11.9. The minimum atomic E-state index is -0.0683. The zero-order valence-electron chi connectivity index (χ0n) is 13.3. The van der Waals surface area contributed by atoms with Crippen LogP contribution in [0.2, 0.25) is 0 Å². The Morgan fingerprint density at radius 1 is 0.917 bits per heavy atom. The first-order valence-corrected chi connectivity index (χ1v) is 9.39. The number of hydrogen-bond donors (Lipinski definition) is 1. The first-order chi connectivity index (χ1) is 11.6. The molecule has 0 bridgehead atoms. The second-order valence-electron chi connectivity index (χ2n) is 5.64. The second kappa shape index (κ2) is 5.69. The van der Waals surface area contributed by atoms with E-state index in [9.17, 15) is 9.59 Å². The Morgan fingerprint density at radius 2 is 1.46 bits per heavy atom. The van der Waals surface area contributed by atoms with Gasteiger partial charge in [0.15, 0.2) is 5.78 Å². The van der Waals surface area contributed by atoms with Gasteiger partial charge in [0.1, 0.15) is 0 Å². The number of amides is 1. The predicted octanol–water partition coefficient (Wildman–Crippen LogP) is 5.22. The summed E-state index contributed by atoms with van der Waals surface area (Å²) >= 11 is 3.42.